The van der Waals surface area contributed by atoms with Crippen LogP contribution in [0.2, 0.25) is 5.02 Å². The summed E-state index contributed by atoms with van der Waals surface area (Å²) >= 11 is 6.26. The standard InChI is InChI=1S/C18H18ClFN4O/c19-16-3-5-22-17-15(16)2-1-6-24(17)18(25)23-7-4-12(11-23)13-8-14(20)10-21-9-13/h3,5,8-10,12H,1-2,4,6-7,11H2. The number of halogens is 2. The van der Waals surface area contributed by atoms with Crippen molar-refractivity contribution in [3.8, 4) is 0 Å². The van der Waals surface area contributed by atoms with Gasteiger partial charge in [-0.1, -0.05) is 11.6 Å². The second-order valence-electron chi connectivity index (χ2n) is 6.50. The fraction of sp³-hybridized carbons (Fsp3) is 0.389. The van der Waals surface area contributed by atoms with E-state index in [1.807, 2.05) is 4.90 Å². The Labute approximate surface area is 150 Å². The molecule has 7 heteroatoms. The Morgan fingerprint density at radius 1 is 1.32 bits per heavy atom. The number of aromatic nitrogens is 2. The van der Waals surface area contributed by atoms with Crippen molar-refractivity contribution in [3.63, 3.8) is 0 Å². The van der Waals surface area contributed by atoms with Crippen molar-refractivity contribution < 1.29 is 9.18 Å². The molecule has 0 aromatic carbocycles. The van der Waals surface area contributed by atoms with Gasteiger partial charge in [0.05, 0.1) is 6.20 Å². The van der Waals surface area contributed by atoms with Crippen LogP contribution in [0.1, 0.15) is 29.9 Å². The highest BCUT2D eigenvalue weighted by atomic mass is 35.5. The van der Waals surface area contributed by atoms with E-state index in [2.05, 4.69) is 9.97 Å². The van der Waals surface area contributed by atoms with E-state index < -0.39 is 0 Å². The number of amides is 2. The molecule has 0 bridgehead atoms. The van der Waals surface area contributed by atoms with Gasteiger partial charge in [-0.15, -0.1) is 0 Å². The van der Waals surface area contributed by atoms with Crippen molar-refractivity contribution in [1.82, 2.24) is 14.9 Å². The molecule has 0 radical (unpaired) electrons. The van der Waals surface area contributed by atoms with Crippen LogP contribution in [0.5, 0.6) is 0 Å². The molecule has 2 aromatic rings. The van der Waals surface area contributed by atoms with Crippen molar-refractivity contribution in [3.05, 3.63) is 52.7 Å². The normalized spacial score (nSPS) is 19.8. The lowest BCUT2D eigenvalue weighted by atomic mass is 10.0. The summed E-state index contributed by atoms with van der Waals surface area (Å²) in [4.78, 5) is 24.8. The lowest BCUT2D eigenvalue weighted by Gasteiger charge is -2.32. The number of pyridine rings is 2. The van der Waals surface area contributed by atoms with Crippen molar-refractivity contribution in [2.24, 2.45) is 0 Å². The summed E-state index contributed by atoms with van der Waals surface area (Å²) < 4.78 is 13.4. The monoisotopic (exact) mass is 360 g/mol. The van der Waals surface area contributed by atoms with Crippen molar-refractivity contribution in [2.45, 2.75) is 25.2 Å². The topological polar surface area (TPSA) is 49.3 Å². The highest BCUT2D eigenvalue weighted by Crippen LogP contribution is 2.33. The second kappa shape index (κ2) is 6.59. The van der Waals surface area contributed by atoms with Gasteiger partial charge in [0, 0.05) is 48.5 Å². The third-order valence-electron chi connectivity index (χ3n) is 4.93. The zero-order chi connectivity index (χ0) is 17.4. The van der Waals surface area contributed by atoms with E-state index in [9.17, 15) is 9.18 Å². The number of carbonyl (C=O) groups excluding carboxylic acids is 1. The smallest absolute Gasteiger partial charge is 0.324 e. The highest BCUT2D eigenvalue weighted by molar-refractivity contribution is 6.31. The molecule has 2 aliphatic heterocycles. The average Bonchev–Trinajstić information content (AvgIpc) is 3.11. The molecule has 1 unspecified atom stereocenters. The Morgan fingerprint density at radius 3 is 3.04 bits per heavy atom. The maximum absolute atomic E-state index is 13.4. The van der Waals surface area contributed by atoms with Gasteiger partial charge in [0.25, 0.3) is 0 Å². The quantitative estimate of drug-likeness (QED) is 0.780. The molecule has 2 aromatic heterocycles. The van der Waals surface area contributed by atoms with Crippen LogP contribution in [0.15, 0.2) is 30.7 Å². The fourth-order valence-electron chi connectivity index (χ4n) is 3.66. The summed E-state index contributed by atoms with van der Waals surface area (Å²) in [6, 6.07) is 3.21. The molecule has 1 fully saturated rings. The predicted molar refractivity (Wildman–Crippen MR) is 93.4 cm³/mol. The number of carbonyl (C=O) groups is 1. The van der Waals surface area contributed by atoms with E-state index >= 15 is 0 Å². The van der Waals surface area contributed by atoms with Gasteiger partial charge >= 0.3 is 6.03 Å². The van der Waals surface area contributed by atoms with E-state index in [0.717, 1.165) is 30.4 Å². The van der Waals surface area contributed by atoms with Crippen molar-refractivity contribution in [2.75, 3.05) is 24.5 Å². The number of urea groups is 1. The average molecular weight is 361 g/mol. The molecule has 0 aliphatic carbocycles. The molecule has 5 nitrogen and oxygen atoms in total. The Kier molecular flexibility index (Phi) is 4.29. The lowest BCUT2D eigenvalue weighted by molar-refractivity contribution is 0.214. The Balaban J connectivity index is 1.53. The Morgan fingerprint density at radius 2 is 2.20 bits per heavy atom. The molecule has 130 valence electrons. The molecule has 1 saturated heterocycles. The number of nitrogens with zero attached hydrogens (tertiary/aromatic N) is 4. The van der Waals surface area contributed by atoms with Crippen molar-refractivity contribution in [1.29, 1.82) is 0 Å². The molecular weight excluding hydrogens is 343 g/mol. The zero-order valence-electron chi connectivity index (χ0n) is 13.7. The van der Waals surface area contributed by atoms with E-state index in [1.54, 1.807) is 23.4 Å². The minimum absolute atomic E-state index is 0.0532. The van der Waals surface area contributed by atoms with Crippen LogP contribution in [-0.2, 0) is 6.42 Å². The van der Waals surface area contributed by atoms with E-state index in [0.29, 0.717) is 30.5 Å². The van der Waals surface area contributed by atoms with Gasteiger partial charge in [0.2, 0.25) is 0 Å². The third kappa shape index (κ3) is 3.06. The number of fused-ring (bicyclic) bond motifs is 1. The summed E-state index contributed by atoms with van der Waals surface area (Å²) in [6.07, 6.45) is 7.03. The molecule has 25 heavy (non-hydrogen) atoms. The first kappa shape index (κ1) is 16.3. The SMILES string of the molecule is O=C(N1CCC(c2cncc(F)c2)C1)N1CCCc2c(Cl)ccnc21. The van der Waals surface area contributed by atoms with E-state index in [4.69, 9.17) is 11.6 Å². The van der Waals surface area contributed by atoms with Crippen LogP contribution < -0.4 is 4.90 Å². The first-order chi connectivity index (χ1) is 12.1. The minimum Gasteiger partial charge on any atom is -0.324 e. The number of likely N-dealkylation sites (tertiary alicyclic amines) is 1. The van der Waals surface area contributed by atoms with Crippen LogP contribution in [0.3, 0.4) is 0 Å². The number of hydrogen-bond acceptors (Lipinski definition) is 3. The largest absolute Gasteiger partial charge is 0.325 e. The summed E-state index contributed by atoms with van der Waals surface area (Å²) in [6.45, 7) is 1.85. The summed E-state index contributed by atoms with van der Waals surface area (Å²) in [7, 11) is 0. The van der Waals surface area contributed by atoms with Crippen LogP contribution in [-0.4, -0.2) is 40.5 Å². The predicted octanol–water partition coefficient (Wildman–Crippen LogP) is 3.63. The third-order valence-corrected chi connectivity index (χ3v) is 5.28. The van der Waals surface area contributed by atoms with Crippen LogP contribution in [0, 0.1) is 5.82 Å². The van der Waals surface area contributed by atoms with Gasteiger partial charge in [-0.25, -0.2) is 14.2 Å². The molecule has 4 heterocycles. The van der Waals surface area contributed by atoms with Gasteiger partial charge < -0.3 is 4.90 Å². The van der Waals surface area contributed by atoms with E-state index in [-0.39, 0.29) is 17.8 Å². The Hall–Kier alpha value is -2.21. The highest BCUT2D eigenvalue weighted by Gasteiger charge is 2.33. The summed E-state index contributed by atoms with van der Waals surface area (Å²) in [5.41, 5.74) is 1.78. The Bertz CT molecular complexity index is 815. The molecule has 4 rings (SSSR count). The maximum atomic E-state index is 13.4. The summed E-state index contributed by atoms with van der Waals surface area (Å²) in [5.74, 6) is 0.439. The number of rotatable bonds is 1. The van der Waals surface area contributed by atoms with Crippen molar-refractivity contribution >= 4 is 23.4 Å². The van der Waals surface area contributed by atoms with Gasteiger partial charge in [-0.2, -0.15) is 0 Å². The molecule has 0 saturated carbocycles. The second-order valence-corrected chi connectivity index (χ2v) is 6.91. The molecule has 2 aliphatic rings. The number of hydrogen-bond donors (Lipinski definition) is 0. The minimum atomic E-state index is -0.342. The zero-order valence-corrected chi connectivity index (χ0v) is 14.4. The van der Waals surface area contributed by atoms with Gasteiger partial charge in [-0.3, -0.25) is 9.88 Å². The molecule has 0 N–H and O–H groups in total. The first-order valence-electron chi connectivity index (χ1n) is 8.44. The van der Waals surface area contributed by atoms with Gasteiger partial charge in [0.15, 0.2) is 0 Å². The van der Waals surface area contributed by atoms with Crippen LogP contribution >= 0.6 is 11.6 Å². The molecule has 1 atom stereocenters. The van der Waals surface area contributed by atoms with Crippen LogP contribution in [0.4, 0.5) is 15.0 Å². The maximum Gasteiger partial charge on any atom is 0.325 e. The molecule has 0 spiro atoms. The fourth-order valence-corrected chi connectivity index (χ4v) is 3.89. The molecular formula is C18H18ClFN4O. The van der Waals surface area contributed by atoms with E-state index in [1.165, 1.54) is 12.3 Å². The first-order valence-corrected chi connectivity index (χ1v) is 8.81. The summed E-state index contributed by atoms with van der Waals surface area (Å²) in [5, 5.41) is 0.660. The van der Waals surface area contributed by atoms with Gasteiger partial charge in [-0.05, 0) is 37.0 Å². The molecule has 2 amide bonds. The van der Waals surface area contributed by atoms with Crippen LogP contribution in [0.25, 0.3) is 0 Å². The lowest BCUT2D eigenvalue weighted by Crippen LogP contribution is -2.45. The number of anilines is 1. The van der Waals surface area contributed by atoms with Gasteiger partial charge in [0.1, 0.15) is 11.6 Å².